The second-order valence-electron chi connectivity index (χ2n) is 5.42. The lowest BCUT2D eigenvalue weighted by Gasteiger charge is -2.17. The van der Waals surface area contributed by atoms with E-state index in [1.165, 1.54) is 0 Å². The lowest BCUT2D eigenvalue weighted by molar-refractivity contribution is -0.122. The molecule has 2 rings (SSSR count). The highest BCUT2D eigenvalue weighted by Gasteiger charge is 2.16. The number of carbonyl (C=O) groups excluding carboxylic acids is 1. The summed E-state index contributed by atoms with van der Waals surface area (Å²) in [5.41, 5.74) is 9.43. The van der Waals surface area contributed by atoms with E-state index in [-0.39, 0.29) is 5.91 Å². The number of anilines is 1. The molecule has 0 saturated heterocycles. The highest BCUT2D eigenvalue weighted by Crippen LogP contribution is 2.21. The van der Waals surface area contributed by atoms with E-state index in [2.05, 4.69) is 5.32 Å². The Kier molecular flexibility index (Phi) is 5.17. The Morgan fingerprint density at radius 1 is 1.18 bits per heavy atom. The van der Waals surface area contributed by atoms with Crippen LogP contribution in [-0.4, -0.2) is 12.0 Å². The second-order valence-corrected chi connectivity index (χ2v) is 5.42. The Morgan fingerprint density at radius 3 is 2.50 bits per heavy atom. The first-order valence-electron chi connectivity index (χ1n) is 7.33. The van der Waals surface area contributed by atoms with E-state index in [4.69, 9.17) is 10.5 Å². The maximum Gasteiger partial charge on any atom is 0.265 e. The topological polar surface area (TPSA) is 64.3 Å². The van der Waals surface area contributed by atoms with Gasteiger partial charge in [-0.3, -0.25) is 4.79 Å². The summed E-state index contributed by atoms with van der Waals surface area (Å²) in [4.78, 5) is 12.2. The fourth-order valence-corrected chi connectivity index (χ4v) is 2.05. The molecule has 2 aromatic carbocycles. The zero-order valence-electron chi connectivity index (χ0n) is 13.2. The average molecular weight is 298 g/mol. The summed E-state index contributed by atoms with van der Waals surface area (Å²) in [6, 6.07) is 13.4. The minimum absolute atomic E-state index is 0.179. The van der Waals surface area contributed by atoms with Crippen LogP contribution in [0.25, 0.3) is 0 Å². The van der Waals surface area contributed by atoms with Gasteiger partial charge in [-0.05, 0) is 55.7 Å². The maximum absolute atomic E-state index is 12.2. The van der Waals surface area contributed by atoms with E-state index in [0.29, 0.717) is 6.54 Å². The van der Waals surface area contributed by atoms with Crippen molar-refractivity contribution in [1.29, 1.82) is 0 Å². The summed E-state index contributed by atoms with van der Waals surface area (Å²) in [5, 5.41) is 2.84. The molecule has 1 atom stereocenters. The van der Waals surface area contributed by atoms with Crippen molar-refractivity contribution in [2.45, 2.75) is 33.4 Å². The van der Waals surface area contributed by atoms with Crippen molar-refractivity contribution in [1.82, 2.24) is 0 Å². The SMILES string of the molecule is Cc1ccc(C)c(OC(C)C(=O)Nc2ccc(CN)cc2)c1. The van der Waals surface area contributed by atoms with Crippen LogP contribution in [0.15, 0.2) is 42.5 Å². The molecule has 0 bridgehead atoms. The monoisotopic (exact) mass is 298 g/mol. The molecule has 0 heterocycles. The van der Waals surface area contributed by atoms with Crippen LogP contribution in [0.5, 0.6) is 5.75 Å². The van der Waals surface area contributed by atoms with Crippen molar-refractivity contribution in [3.05, 3.63) is 59.2 Å². The van der Waals surface area contributed by atoms with Crippen molar-refractivity contribution in [2.24, 2.45) is 5.73 Å². The quantitative estimate of drug-likeness (QED) is 0.891. The minimum atomic E-state index is -0.574. The van der Waals surface area contributed by atoms with Crippen LogP contribution in [-0.2, 0) is 11.3 Å². The Morgan fingerprint density at radius 2 is 1.86 bits per heavy atom. The Bertz CT molecular complexity index is 651. The largest absolute Gasteiger partial charge is 0.481 e. The molecule has 3 N–H and O–H groups in total. The normalized spacial score (nSPS) is 11.8. The highest BCUT2D eigenvalue weighted by molar-refractivity contribution is 5.94. The predicted molar refractivity (Wildman–Crippen MR) is 89.0 cm³/mol. The van der Waals surface area contributed by atoms with E-state index in [1.54, 1.807) is 6.92 Å². The van der Waals surface area contributed by atoms with Gasteiger partial charge in [0.15, 0.2) is 6.10 Å². The lowest BCUT2D eigenvalue weighted by Crippen LogP contribution is -2.30. The third-order valence-corrected chi connectivity index (χ3v) is 3.47. The number of nitrogens with two attached hydrogens (primary N) is 1. The third kappa shape index (κ3) is 4.09. The number of amides is 1. The van der Waals surface area contributed by atoms with Crippen LogP contribution in [0.3, 0.4) is 0 Å². The van der Waals surface area contributed by atoms with Crippen LogP contribution in [0.1, 0.15) is 23.6 Å². The van der Waals surface area contributed by atoms with Gasteiger partial charge in [-0.1, -0.05) is 24.3 Å². The van der Waals surface area contributed by atoms with Crippen molar-refractivity contribution >= 4 is 11.6 Å². The molecular formula is C18H22N2O2. The van der Waals surface area contributed by atoms with Crippen molar-refractivity contribution in [3.8, 4) is 5.75 Å². The van der Waals surface area contributed by atoms with Crippen LogP contribution in [0.2, 0.25) is 0 Å². The molecule has 4 nitrogen and oxygen atoms in total. The van der Waals surface area contributed by atoms with Crippen LogP contribution < -0.4 is 15.8 Å². The number of rotatable bonds is 5. The van der Waals surface area contributed by atoms with E-state index < -0.39 is 6.10 Å². The van der Waals surface area contributed by atoms with Crippen LogP contribution in [0.4, 0.5) is 5.69 Å². The molecule has 0 radical (unpaired) electrons. The van der Waals surface area contributed by atoms with Gasteiger partial charge in [0.05, 0.1) is 0 Å². The first-order chi connectivity index (χ1) is 10.5. The summed E-state index contributed by atoms with van der Waals surface area (Å²) in [5.74, 6) is 0.558. The minimum Gasteiger partial charge on any atom is -0.481 e. The first-order valence-corrected chi connectivity index (χ1v) is 7.33. The molecule has 4 heteroatoms. The summed E-state index contributed by atoms with van der Waals surface area (Å²) in [7, 11) is 0. The number of nitrogens with one attached hydrogen (secondary N) is 1. The molecule has 0 saturated carbocycles. The molecule has 0 spiro atoms. The third-order valence-electron chi connectivity index (χ3n) is 3.47. The number of aryl methyl sites for hydroxylation is 2. The van der Waals surface area contributed by atoms with Gasteiger partial charge in [-0.15, -0.1) is 0 Å². The number of ether oxygens (including phenoxy) is 1. The number of carbonyl (C=O) groups is 1. The van der Waals surface area contributed by atoms with E-state index in [1.807, 2.05) is 56.3 Å². The molecular weight excluding hydrogens is 276 g/mol. The fraction of sp³-hybridized carbons (Fsp3) is 0.278. The molecule has 0 aliphatic carbocycles. The van der Waals surface area contributed by atoms with Gasteiger partial charge in [0.25, 0.3) is 5.91 Å². The molecule has 1 unspecified atom stereocenters. The van der Waals surface area contributed by atoms with Gasteiger partial charge in [0.1, 0.15) is 5.75 Å². The van der Waals surface area contributed by atoms with Gasteiger partial charge < -0.3 is 15.8 Å². The van der Waals surface area contributed by atoms with E-state index in [0.717, 1.165) is 28.1 Å². The summed E-state index contributed by atoms with van der Waals surface area (Å²) in [6.07, 6.45) is -0.574. The van der Waals surface area contributed by atoms with E-state index in [9.17, 15) is 4.79 Å². The number of hydrogen-bond acceptors (Lipinski definition) is 3. The molecule has 1 amide bonds. The zero-order valence-corrected chi connectivity index (χ0v) is 13.2. The molecule has 0 aliphatic rings. The van der Waals surface area contributed by atoms with Gasteiger partial charge in [-0.2, -0.15) is 0 Å². The number of hydrogen-bond donors (Lipinski definition) is 2. The first kappa shape index (κ1) is 16.0. The maximum atomic E-state index is 12.2. The van der Waals surface area contributed by atoms with Crippen LogP contribution >= 0.6 is 0 Å². The molecule has 0 aliphatic heterocycles. The highest BCUT2D eigenvalue weighted by atomic mass is 16.5. The smallest absolute Gasteiger partial charge is 0.265 e. The Balaban J connectivity index is 2.00. The Labute approximate surface area is 131 Å². The van der Waals surface area contributed by atoms with Gasteiger partial charge in [0, 0.05) is 12.2 Å². The molecule has 22 heavy (non-hydrogen) atoms. The zero-order chi connectivity index (χ0) is 16.1. The summed E-state index contributed by atoms with van der Waals surface area (Å²) in [6.45, 7) is 6.19. The van der Waals surface area contributed by atoms with Gasteiger partial charge in [-0.25, -0.2) is 0 Å². The summed E-state index contributed by atoms with van der Waals surface area (Å²) < 4.78 is 5.77. The fourth-order valence-electron chi connectivity index (χ4n) is 2.05. The molecule has 0 aromatic heterocycles. The van der Waals surface area contributed by atoms with Crippen molar-refractivity contribution in [3.63, 3.8) is 0 Å². The molecule has 2 aromatic rings. The molecule has 0 fully saturated rings. The Hall–Kier alpha value is -2.33. The van der Waals surface area contributed by atoms with Crippen molar-refractivity contribution in [2.75, 3.05) is 5.32 Å². The van der Waals surface area contributed by atoms with E-state index >= 15 is 0 Å². The number of benzene rings is 2. The van der Waals surface area contributed by atoms with Gasteiger partial charge in [0.2, 0.25) is 0 Å². The van der Waals surface area contributed by atoms with Crippen LogP contribution in [0, 0.1) is 13.8 Å². The van der Waals surface area contributed by atoms with Crippen molar-refractivity contribution < 1.29 is 9.53 Å². The lowest BCUT2D eigenvalue weighted by atomic mass is 10.1. The van der Waals surface area contributed by atoms with Gasteiger partial charge >= 0.3 is 0 Å². The average Bonchev–Trinajstić information content (AvgIpc) is 2.51. The second kappa shape index (κ2) is 7.09. The molecule has 116 valence electrons. The summed E-state index contributed by atoms with van der Waals surface area (Å²) >= 11 is 0. The standard InChI is InChI=1S/C18H22N2O2/c1-12-4-5-13(2)17(10-12)22-14(3)18(21)20-16-8-6-15(11-19)7-9-16/h4-10,14H,11,19H2,1-3H3,(H,20,21). The predicted octanol–water partition coefficient (Wildman–Crippen LogP) is 3.17.